The molecule has 0 amide bonds. The van der Waals surface area contributed by atoms with Crippen molar-refractivity contribution in [1.82, 2.24) is 0 Å². The first kappa shape index (κ1) is 7.31. The van der Waals surface area contributed by atoms with Crippen LogP contribution >= 0.6 is 0 Å². The molecule has 0 saturated heterocycles. The van der Waals surface area contributed by atoms with E-state index in [2.05, 4.69) is 24.3 Å². The topological polar surface area (TPSA) is 17.1 Å². The summed E-state index contributed by atoms with van der Waals surface area (Å²) < 4.78 is 0. The SMILES string of the molecule is O=C1C[C@H]2C[C@@]2(c2ccccc2)C1. The van der Waals surface area contributed by atoms with Crippen LogP contribution in [0.25, 0.3) is 0 Å². The van der Waals surface area contributed by atoms with Crippen molar-refractivity contribution in [3.63, 3.8) is 0 Å². The molecule has 1 aromatic carbocycles. The van der Waals surface area contributed by atoms with Crippen molar-refractivity contribution < 1.29 is 4.79 Å². The number of ketones is 1. The Labute approximate surface area is 77.8 Å². The standard InChI is InChI=1S/C12H12O/c13-11-6-10-7-12(10,8-11)9-4-2-1-3-5-9/h1-5,10H,6-8H2/t10-,12-/m0/s1. The second-order valence-corrected chi connectivity index (χ2v) is 4.34. The van der Waals surface area contributed by atoms with Gasteiger partial charge in [-0.3, -0.25) is 4.79 Å². The van der Waals surface area contributed by atoms with E-state index < -0.39 is 0 Å². The van der Waals surface area contributed by atoms with Gasteiger partial charge in [0.2, 0.25) is 0 Å². The molecule has 1 heteroatoms. The minimum atomic E-state index is 0.276. The molecule has 2 atom stereocenters. The molecule has 1 nitrogen and oxygen atoms in total. The van der Waals surface area contributed by atoms with Gasteiger partial charge in [0.05, 0.1) is 0 Å². The first-order valence-electron chi connectivity index (χ1n) is 4.88. The van der Waals surface area contributed by atoms with Crippen LogP contribution in [-0.2, 0) is 10.2 Å². The van der Waals surface area contributed by atoms with E-state index in [4.69, 9.17) is 0 Å². The van der Waals surface area contributed by atoms with Gasteiger partial charge in [-0.25, -0.2) is 0 Å². The number of hydrogen-bond acceptors (Lipinski definition) is 1. The molecule has 3 rings (SSSR count). The van der Waals surface area contributed by atoms with Crippen molar-refractivity contribution in [2.24, 2.45) is 5.92 Å². The summed E-state index contributed by atoms with van der Waals surface area (Å²) in [6, 6.07) is 10.5. The van der Waals surface area contributed by atoms with Crippen molar-refractivity contribution >= 4 is 5.78 Å². The lowest BCUT2D eigenvalue weighted by Gasteiger charge is -2.10. The Balaban J connectivity index is 2.00. The molecule has 2 aliphatic carbocycles. The number of fused-ring (bicyclic) bond motifs is 1. The monoisotopic (exact) mass is 172 g/mol. The van der Waals surface area contributed by atoms with Crippen LogP contribution in [0.2, 0.25) is 0 Å². The van der Waals surface area contributed by atoms with Crippen LogP contribution in [0.1, 0.15) is 24.8 Å². The van der Waals surface area contributed by atoms with Crippen molar-refractivity contribution in [1.29, 1.82) is 0 Å². The van der Waals surface area contributed by atoms with Crippen LogP contribution in [-0.4, -0.2) is 5.78 Å². The molecule has 0 unspecified atom stereocenters. The van der Waals surface area contributed by atoms with Gasteiger partial charge in [-0.15, -0.1) is 0 Å². The highest BCUT2D eigenvalue weighted by molar-refractivity contribution is 5.85. The van der Waals surface area contributed by atoms with Gasteiger partial charge in [0.15, 0.2) is 0 Å². The van der Waals surface area contributed by atoms with Gasteiger partial charge in [-0.05, 0) is 17.9 Å². The summed E-state index contributed by atoms with van der Waals surface area (Å²) in [5, 5.41) is 0. The van der Waals surface area contributed by atoms with Gasteiger partial charge in [-0.2, -0.15) is 0 Å². The van der Waals surface area contributed by atoms with Crippen molar-refractivity contribution in [3.8, 4) is 0 Å². The third-order valence-corrected chi connectivity index (χ3v) is 3.57. The number of carbonyl (C=O) groups is 1. The average Bonchev–Trinajstić information content (AvgIpc) is 2.72. The maximum atomic E-state index is 11.3. The van der Waals surface area contributed by atoms with E-state index in [1.54, 1.807) is 0 Å². The van der Waals surface area contributed by atoms with Crippen molar-refractivity contribution in [2.75, 3.05) is 0 Å². The summed E-state index contributed by atoms with van der Waals surface area (Å²) in [4.78, 5) is 11.3. The highest BCUT2D eigenvalue weighted by atomic mass is 16.1. The minimum absolute atomic E-state index is 0.276. The summed E-state index contributed by atoms with van der Waals surface area (Å²) >= 11 is 0. The van der Waals surface area contributed by atoms with Crippen molar-refractivity contribution in [2.45, 2.75) is 24.7 Å². The zero-order valence-electron chi connectivity index (χ0n) is 7.49. The normalized spacial score (nSPS) is 36.0. The molecule has 2 saturated carbocycles. The molecule has 0 N–H and O–H groups in total. The third kappa shape index (κ3) is 0.902. The van der Waals surface area contributed by atoms with E-state index in [9.17, 15) is 4.79 Å². The number of benzene rings is 1. The molecule has 0 heterocycles. The second kappa shape index (κ2) is 2.22. The maximum absolute atomic E-state index is 11.3. The lowest BCUT2D eigenvalue weighted by molar-refractivity contribution is -0.118. The summed E-state index contributed by atoms with van der Waals surface area (Å²) in [6.45, 7) is 0. The highest BCUT2D eigenvalue weighted by Crippen LogP contribution is 2.62. The van der Waals surface area contributed by atoms with Crippen LogP contribution in [0.4, 0.5) is 0 Å². The van der Waals surface area contributed by atoms with E-state index in [-0.39, 0.29) is 5.41 Å². The zero-order chi connectivity index (χ0) is 8.89. The predicted octanol–water partition coefficient (Wildman–Crippen LogP) is 2.31. The minimum Gasteiger partial charge on any atom is -0.300 e. The fourth-order valence-electron chi connectivity index (χ4n) is 2.79. The number of Topliss-reactive ketones (excluding diaryl/α,β-unsaturated/α-hetero) is 1. The average molecular weight is 172 g/mol. The summed E-state index contributed by atoms with van der Waals surface area (Å²) in [7, 11) is 0. The Bertz CT molecular complexity index is 355. The summed E-state index contributed by atoms with van der Waals surface area (Å²) in [6.07, 6.45) is 2.86. The van der Waals surface area contributed by atoms with E-state index in [0.29, 0.717) is 11.7 Å². The quantitative estimate of drug-likeness (QED) is 0.635. The van der Waals surface area contributed by atoms with Gasteiger partial charge in [-0.1, -0.05) is 30.3 Å². The van der Waals surface area contributed by atoms with Crippen molar-refractivity contribution in [3.05, 3.63) is 35.9 Å². The van der Waals surface area contributed by atoms with E-state index in [1.165, 1.54) is 12.0 Å². The summed E-state index contributed by atoms with van der Waals surface area (Å²) in [5.74, 6) is 1.13. The summed E-state index contributed by atoms with van der Waals surface area (Å²) in [5.41, 5.74) is 1.66. The Hall–Kier alpha value is -1.11. The third-order valence-electron chi connectivity index (χ3n) is 3.57. The van der Waals surface area contributed by atoms with Crippen LogP contribution in [0.15, 0.2) is 30.3 Å². The van der Waals surface area contributed by atoms with E-state index in [1.807, 2.05) is 6.07 Å². The number of hydrogen-bond donors (Lipinski definition) is 0. The van der Waals surface area contributed by atoms with Crippen LogP contribution in [0.3, 0.4) is 0 Å². The maximum Gasteiger partial charge on any atom is 0.134 e. The Kier molecular flexibility index (Phi) is 1.25. The van der Waals surface area contributed by atoms with Gasteiger partial charge in [0.1, 0.15) is 5.78 Å². The fraction of sp³-hybridized carbons (Fsp3) is 0.417. The predicted molar refractivity (Wildman–Crippen MR) is 50.5 cm³/mol. The van der Waals surface area contributed by atoms with Gasteiger partial charge < -0.3 is 0 Å². The first-order valence-corrected chi connectivity index (χ1v) is 4.88. The van der Waals surface area contributed by atoms with Gasteiger partial charge in [0.25, 0.3) is 0 Å². The molecular formula is C12H12O. The Morgan fingerprint density at radius 2 is 2.00 bits per heavy atom. The lowest BCUT2D eigenvalue weighted by Crippen LogP contribution is -2.07. The molecular weight excluding hydrogens is 160 g/mol. The fourth-order valence-corrected chi connectivity index (χ4v) is 2.79. The van der Waals surface area contributed by atoms with E-state index >= 15 is 0 Å². The Morgan fingerprint density at radius 3 is 2.62 bits per heavy atom. The molecule has 2 aliphatic rings. The molecule has 0 spiro atoms. The highest BCUT2D eigenvalue weighted by Gasteiger charge is 2.60. The number of rotatable bonds is 1. The van der Waals surface area contributed by atoms with Gasteiger partial charge >= 0.3 is 0 Å². The molecule has 13 heavy (non-hydrogen) atoms. The smallest absolute Gasteiger partial charge is 0.134 e. The van der Waals surface area contributed by atoms with Crippen LogP contribution < -0.4 is 0 Å². The molecule has 0 radical (unpaired) electrons. The number of carbonyl (C=O) groups excluding carboxylic acids is 1. The van der Waals surface area contributed by atoms with Crippen LogP contribution in [0, 0.1) is 5.92 Å². The molecule has 0 aromatic heterocycles. The van der Waals surface area contributed by atoms with Crippen LogP contribution in [0.5, 0.6) is 0 Å². The van der Waals surface area contributed by atoms with Gasteiger partial charge in [0, 0.05) is 18.3 Å². The zero-order valence-corrected chi connectivity index (χ0v) is 7.49. The molecule has 0 aliphatic heterocycles. The first-order chi connectivity index (χ1) is 6.31. The molecule has 0 bridgehead atoms. The second-order valence-electron chi connectivity index (χ2n) is 4.34. The lowest BCUT2D eigenvalue weighted by atomic mass is 9.93. The van der Waals surface area contributed by atoms with E-state index in [0.717, 1.165) is 12.8 Å². The Morgan fingerprint density at radius 1 is 1.23 bits per heavy atom. The molecule has 1 aromatic rings. The largest absolute Gasteiger partial charge is 0.300 e. The molecule has 2 fully saturated rings. The molecule has 66 valence electrons.